The maximum Gasteiger partial charge on any atom is 0.312 e. The molecule has 0 unspecified atom stereocenters. The van der Waals surface area contributed by atoms with Crippen LogP contribution in [0, 0.1) is 44.8 Å². The summed E-state index contributed by atoms with van der Waals surface area (Å²) in [6.45, 7) is 15.0. The summed E-state index contributed by atoms with van der Waals surface area (Å²) >= 11 is 0. The molecule has 35 heavy (non-hydrogen) atoms. The molecule has 5 aliphatic rings. The second kappa shape index (κ2) is 7.25. The van der Waals surface area contributed by atoms with Gasteiger partial charge in [-0.1, -0.05) is 58.3 Å². The number of allylic oxidation sites excluding steroid dienone is 2. The second-order valence-electron chi connectivity index (χ2n) is 14.6. The van der Waals surface area contributed by atoms with Crippen molar-refractivity contribution < 1.29 is 14.1 Å². The Morgan fingerprint density at radius 1 is 1.09 bits per heavy atom. The highest BCUT2D eigenvalue weighted by molar-refractivity contribution is 5.78. The van der Waals surface area contributed by atoms with Crippen molar-refractivity contribution in [2.24, 2.45) is 44.8 Å². The minimum absolute atomic E-state index is 0.0463. The average Bonchev–Trinajstić information content (AvgIpc) is 3.27. The van der Waals surface area contributed by atoms with E-state index in [4.69, 9.17) is 9.26 Å². The van der Waals surface area contributed by atoms with E-state index in [-0.39, 0.29) is 33.0 Å². The molecule has 0 amide bonds. The summed E-state index contributed by atoms with van der Waals surface area (Å²) in [6, 6.07) is 0. The lowest BCUT2D eigenvalue weighted by molar-refractivity contribution is -0.177. The molecule has 3 fully saturated rings. The Labute approximate surface area is 211 Å². The van der Waals surface area contributed by atoms with E-state index in [0.717, 1.165) is 50.7 Å². The summed E-state index contributed by atoms with van der Waals surface area (Å²) in [7, 11) is 1.60. The van der Waals surface area contributed by atoms with Gasteiger partial charge in [0, 0.05) is 11.5 Å². The minimum Gasteiger partial charge on any atom is -0.469 e. The summed E-state index contributed by atoms with van der Waals surface area (Å²) in [5.41, 5.74) is 3.51. The topological polar surface area (TPSA) is 52.3 Å². The van der Waals surface area contributed by atoms with Crippen LogP contribution in [0.2, 0.25) is 0 Å². The van der Waals surface area contributed by atoms with Gasteiger partial charge in [-0.3, -0.25) is 4.79 Å². The van der Waals surface area contributed by atoms with Crippen LogP contribution in [0.15, 0.2) is 22.4 Å². The van der Waals surface area contributed by atoms with Gasteiger partial charge in [0.05, 0.1) is 18.7 Å². The number of esters is 1. The first-order chi connectivity index (χ1) is 16.4. The summed E-state index contributed by atoms with van der Waals surface area (Å²) in [5, 5.41) is 4.20. The van der Waals surface area contributed by atoms with E-state index in [1.165, 1.54) is 18.4 Å². The van der Waals surface area contributed by atoms with E-state index in [1.807, 2.05) is 6.20 Å². The zero-order valence-electron chi connectivity index (χ0n) is 23.0. The van der Waals surface area contributed by atoms with Crippen molar-refractivity contribution in [3.63, 3.8) is 0 Å². The molecule has 0 saturated heterocycles. The zero-order valence-corrected chi connectivity index (χ0v) is 23.0. The zero-order chi connectivity index (χ0) is 25.0. The fraction of sp³-hybridized carbons (Fsp3) is 0.806. The summed E-state index contributed by atoms with van der Waals surface area (Å²) in [5.74, 6) is 3.22. The third-order valence-electron chi connectivity index (χ3n) is 12.8. The molecule has 0 N–H and O–H groups in total. The van der Waals surface area contributed by atoms with Crippen molar-refractivity contribution in [1.29, 1.82) is 0 Å². The predicted octanol–water partition coefficient (Wildman–Crippen LogP) is 7.49. The minimum atomic E-state index is -0.323. The van der Waals surface area contributed by atoms with Crippen molar-refractivity contribution in [2.45, 2.75) is 105 Å². The van der Waals surface area contributed by atoms with Gasteiger partial charge >= 0.3 is 5.97 Å². The van der Waals surface area contributed by atoms with Crippen molar-refractivity contribution in [2.75, 3.05) is 7.11 Å². The van der Waals surface area contributed by atoms with E-state index in [9.17, 15) is 4.79 Å². The van der Waals surface area contributed by atoms with Gasteiger partial charge in [0.25, 0.3) is 0 Å². The molecule has 4 nitrogen and oxygen atoms in total. The van der Waals surface area contributed by atoms with Crippen LogP contribution in [0.4, 0.5) is 0 Å². The molecule has 0 aromatic carbocycles. The lowest BCUT2D eigenvalue weighted by Crippen LogP contribution is -2.63. The Morgan fingerprint density at radius 3 is 2.57 bits per heavy atom. The predicted molar refractivity (Wildman–Crippen MR) is 137 cm³/mol. The number of hydrogen-bond donors (Lipinski definition) is 0. The Kier molecular flexibility index (Phi) is 4.93. The van der Waals surface area contributed by atoms with Crippen molar-refractivity contribution in [3.05, 3.63) is 29.2 Å². The number of ether oxygens (including phenoxy) is 1. The molecule has 192 valence electrons. The number of methoxy groups -OCH3 is 1. The Morgan fingerprint density at radius 2 is 1.83 bits per heavy atom. The van der Waals surface area contributed by atoms with E-state index >= 15 is 0 Å². The van der Waals surface area contributed by atoms with Crippen molar-refractivity contribution in [1.82, 2.24) is 5.16 Å². The number of carbonyl (C=O) groups excluding carboxylic acids is 1. The molecule has 0 spiro atoms. The van der Waals surface area contributed by atoms with Crippen LogP contribution in [0.1, 0.15) is 110 Å². The monoisotopic (exact) mass is 479 g/mol. The number of carbonyl (C=O) groups is 1. The van der Waals surface area contributed by atoms with Gasteiger partial charge in [-0.2, -0.15) is 0 Å². The Hall–Kier alpha value is -1.58. The average molecular weight is 480 g/mol. The van der Waals surface area contributed by atoms with Crippen LogP contribution in [0.25, 0.3) is 0 Å². The first kappa shape index (κ1) is 23.8. The molecule has 6 rings (SSSR count). The van der Waals surface area contributed by atoms with Crippen LogP contribution in [-0.4, -0.2) is 18.2 Å². The molecular weight excluding hydrogens is 434 g/mol. The van der Waals surface area contributed by atoms with Gasteiger partial charge in [0.2, 0.25) is 0 Å². The number of nitrogens with zero attached hydrogens (tertiary/aromatic N) is 1. The van der Waals surface area contributed by atoms with Gasteiger partial charge in [0.1, 0.15) is 5.76 Å². The molecule has 3 saturated carbocycles. The third kappa shape index (κ3) is 2.86. The molecule has 0 bridgehead atoms. The first-order valence-electron chi connectivity index (χ1n) is 14.1. The van der Waals surface area contributed by atoms with E-state index < -0.39 is 0 Å². The summed E-state index contributed by atoms with van der Waals surface area (Å²) in [4.78, 5) is 13.4. The number of aromatic nitrogens is 1. The van der Waals surface area contributed by atoms with Gasteiger partial charge in [-0.05, 0) is 97.2 Å². The highest BCUT2D eigenvalue weighted by Crippen LogP contribution is 2.75. The number of hydrogen-bond acceptors (Lipinski definition) is 4. The molecule has 4 heteroatoms. The lowest BCUT2D eigenvalue weighted by Gasteiger charge is -2.69. The molecule has 0 aliphatic heterocycles. The highest BCUT2D eigenvalue weighted by Gasteiger charge is 2.68. The molecule has 1 aromatic rings. The van der Waals surface area contributed by atoms with E-state index in [2.05, 4.69) is 52.8 Å². The Bertz CT molecular complexity index is 1080. The molecule has 1 aromatic heterocycles. The SMILES string of the molecule is COC(=O)[C@]12CCC(C)(C)C[C@H]1C1=CC[C@@H]3[C@@]4(C)Cc5cnoc5[C@@H](C)[C@@H]4CC[C@@]3(C)[C@]1(C)CC2. The summed E-state index contributed by atoms with van der Waals surface area (Å²) in [6.07, 6.45) is 14.6. The second-order valence-corrected chi connectivity index (χ2v) is 14.6. The fourth-order valence-electron chi connectivity index (χ4n) is 10.7. The van der Waals surface area contributed by atoms with Gasteiger partial charge in [0.15, 0.2) is 0 Å². The van der Waals surface area contributed by atoms with Gasteiger partial charge < -0.3 is 9.26 Å². The van der Waals surface area contributed by atoms with Crippen molar-refractivity contribution >= 4 is 5.97 Å². The normalized spacial score (nSPS) is 47.8. The molecular formula is C31H45NO3. The maximum atomic E-state index is 13.4. The largest absolute Gasteiger partial charge is 0.469 e. The van der Waals surface area contributed by atoms with E-state index in [1.54, 1.807) is 12.7 Å². The van der Waals surface area contributed by atoms with Crippen molar-refractivity contribution in [3.8, 4) is 0 Å². The molecule has 0 radical (unpaired) electrons. The van der Waals surface area contributed by atoms with Crippen LogP contribution in [-0.2, 0) is 16.0 Å². The quantitative estimate of drug-likeness (QED) is 0.309. The van der Waals surface area contributed by atoms with Crippen LogP contribution in [0.3, 0.4) is 0 Å². The van der Waals surface area contributed by atoms with Crippen LogP contribution < -0.4 is 0 Å². The number of rotatable bonds is 1. The Balaban J connectivity index is 1.45. The standard InChI is InChI=1S/C31H45NO3/c1-19-21-10-11-30(6)24(28(21,4)16-20-18-32-35-25(19)20)9-8-22-23-17-27(2,3)12-14-31(23,26(33)34-7)15-13-29(22,30)5/h8,18-19,21,23-24H,9-17H2,1-7H3/t19-,21-,23-,24+,28-,29+,30+,31-/m0/s1. The number of fused-ring (bicyclic) bond motifs is 8. The first-order valence-corrected chi connectivity index (χ1v) is 14.1. The third-order valence-corrected chi connectivity index (χ3v) is 12.8. The summed E-state index contributed by atoms with van der Waals surface area (Å²) < 4.78 is 11.3. The van der Waals surface area contributed by atoms with Crippen LogP contribution >= 0.6 is 0 Å². The molecule has 8 atom stereocenters. The fourth-order valence-corrected chi connectivity index (χ4v) is 10.7. The smallest absolute Gasteiger partial charge is 0.312 e. The maximum absolute atomic E-state index is 13.4. The van der Waals surface area contributed by atoms with E-state index in [0.29, 0.717) is 23.7 Å². The lowest BCUT2D eigenvalue weighted by atomic mass is 9.34. The highest BCUT2D eigenvalue weighted by atomic mass is 16.5. The molecule has 1 heterocycles. The van der Waals surface area contributed by atoms with Gasteiger partial charge in [-0.25, -0.2) is 0 Å². The van der Waals surface area contributed by atoms with Crippen LogP contribution in [0.5, 0.6) is 0 Å². The molecule has 5 aliphatic carbocycles. The van der Waals surface area contributed by atoms with Gasteiger partial charge in [-0.15, -0.1) is 0 Å².